The number of carbonyl (C=O) groups excluding carboxylic acids is 1. The Hall–Kier alpha value is -0.850. The van der Waals surface area contributed by atoms with E-state index in [4.69, 9.17) is 0 Å². The van der Waals surface area contributed by atoms with Crippen molar-refractivity contribution in [3.63, 3.8) is 0 Å². The molecule has 0 spiro atoms. The molecule has 0 saturated carbocycles. The van der Waals surface area contributed by atoms with Crippen LogP contribution in [-0.4, -0.2) is 5.78 Å². The maximum atomic E-state index is 10.8. The zero-order chi connectivity index (χ0) is 10.1. The molecule has 0 unspecified atom stereocenters. The summed E-state index contributed by atoms with van der Waals surface area (Å²) in [6.07, 6.45) is 6.04. The number of allylic oxidation sites excluding steroid dienone is 4. The molecule has 1 aliphatic rings. The van der Waals surface area contributed by atoms with E-state index in [9.17, 15) is 4.79 Å². The van der Waals surface area contributed by atoms with Crippen LogP contribution in [-0.2, 0) is 4.79 Å². The summed E-state index contributed by atoms with van der Waals surface area (Å²) < 4.78 is 0. The Morgan fingerprint density at radius 3 is 2.46 bits per heavy atom. The first-order valence-electron chi connectivity index (χ1n) is 4.82. The third kappa shape index (κ3) is 2.30. The molecule has 0 saturated heterocycles. The van der Waals surface area contributed by atoms with Crippen LogP contribution in [0.2, 0.25) is 0 Å². The standard InChI is InChI=1S/C12H18O/c1-9-7-8-12(3,4)11(9)6-5-10(2)13/h5-6H,7-8H2,1-4H3/b6-5+. The van der Waals surface area contributed by atoms with Gasteiger partial charge in [0, 0.05) is 0 Å². The highest BCUT2D eigenvalue weighted by molar-refractivity contribution is 5.87. The molecular formula is C12H18O. The Bertz CT molecular complexity index is 279. The number of carbonyl (C=O) groups is 1. The van der Waals surface area contributed by atoms with Crippen LogP contribution < -0.4 is 0 Å². The van der Waals surface area contributed by atoms with Crippen LogP contribution in [0.3, 0.4) is 0 Å². The minimum Gasteiger partial charge on any atom is -0.295 e. The highest BCUT2D eigenvalue weighted by atomic mass is 16.1. The first-order valence-corrected chi connectivity index (χ1v) is 4.82. The SMILES string of the molecule is CC(=O)/C=C/C1=C(C)CCC1(C)C. The van der Waals surface area contributed by atoms with Crippen molar-refractivity contribution in [2.75, 3.05) is 0 Å². The van der Waals surface area contributed by atoms with Crippen molar-refractivity contribution < 1.29 is 4.79 Å². The van der Waals surface area contributed by atoms with Crippen molar-refractivity contribution >= 4 is 5.78 Å². The molecule has 0 aromatic rings. The smallest absolute Gasteiger partial charge is 0.152 e. The van der Waals surface area contributed by atoms with Crippen LogP contribution in [0.1, 0.15) is 40.5 Å². The van der Waals surface area contributed by atoms with E-state index in [2.05, 4.69) is 20.8 Å². The highest BCUT2D eigenvalue weighted by Crippen LogP contribution is 2.42. The van der Waals surface area contributed by atoms with Gasteiger partial charge in [-0.25, -0.2) is 0 Å². The molecule has 0 atom stereocenters. The molecule has 0 aliphatic heterocycles. The molecule has 0 fully saturated rings. The van der Waals surface area contributed by atoms with Crippen LogP contribution in [0.5, 0.6) is 0 Å². The van der Waals surface area contributed by atoms with Crippen LogP contribution >= 0.6 is 0 Å². The average Bonchev–Trinajstić information content (AvgIpc) is 2.23. The normalized spacial score (nSPS) is 21.5. The van der Waals surface area contributed by atoms with E-state index in [-0.39, 0.29) is 11.2 Å². The van der Waals surface area contributed by atoms with Gasteiger partial charge in [-0.15, -0.1) is 0 Å². The Morgan fingerprint density at radius 2 is 2.08 bits per heavy atom. The fourth-order valence-electron chi connectivity index (χ4n) is 1.92. The summed E-state index contributed by atoms with van der Waals surface area (Å²) in [7, 11) is 0. The van der Waals surface area contributed by atoms with Gasteiger partial charge in [0.2, 0.25) is 0 Å². The predicted molar refractivity (Wildman–Crippen MR) is 55.5 cm³/mol. The van der Waals surface area contributed by atoms with E-state index in [0.29, 0.717) is 0 Å². The Morgan fingerprint density at radius 1 is 1.46 bits per heavy atom. The summed E-state index contributed by atoms with van der Waals surface area (Å²) in [5.74, 6) is 0.128. The van der Waals surface area contributed by atoms with Gasteiger partial charge in [0.1, 0.15) is 0 Å². The summed E-state index contributed by atoms with van der Waals surface area (Å²) in [5, 5.41) is 0. The fraction of sp³-hybridized carbons (Fsp3) is 0.583. The van der Waals surface area contributed by atoms with Crippen molar-refractivity contribution in [1.82, 2.24) is 0 Å². The zero-order valence-corrected chi connectivity index (χ0v) is 8.98. The molecule has 1 rings (SSSR count). The molecule has 1 nitrogen and oxygen atoms in total. The minimum atomic E-state index is 0.128. The van der Waals surface area contributed by atoms with Crippen LogP contribution in [0.4, 0.5) is 0 Å². The van der Waals surface area contributed by atoms with E-state index in [1.165, 1.54) is 24.0 Å². The Labute approximate surface area is 80.5 Å². The predicted octanol–water partition coefficient (Wildman–Crippen LogP) is 3.27. The number of ketones is 1. The number of rotatable bonds is 2. The molecule has 0 aromatic heterocycles. The maximum Gasteiger partial charge on any atom is 0.152 e. The first kappa shape index (κ1) is 10.2. The van der Waals surface area contributed by atoms with Gasteiger partial charge < -0.3 is 0 Å². The average molecular weight is 178 g/mol. The zero-order valence-electron chi connectivity index (χ0n) is 8.98. The lowest BCUT2D eigenvalue weighted by Gasteiger charge is -2.19. The van der Waals surface area contributed by atoms with Crippen molar-refractivity contribution in [1.29, 1.82) is 0 Å². The van der Waals surface area contributed by atoms with Gasteiger partial charge in [0.25, 0.3) is 0 Å². The molecule has 0 bridgehead atoms. The molecule has 72 valence electrons. The molecule has 0 aromatic carbocycles. The number of hydrogen-bond acceptors (Lipinski definition) is 1. The van der Waals surface area contributed by atoms with Gasteiger partial charge in [-0.2, -0.15) is 0 Å². The molecule has 0 heterocycles. The summed E-state index contributed by atoms with van der Waals surface area (Å²) in [6.45, 7) is 8.23. The highest BCUT2D eigenvalue weighted by Gasteiger charge is 2.28. The van der Waals surface area contributed by atoms with E-state index in [1.54, 1.807) is 13.0 Å². The van der Waals surface area contributed by atoms with Gasteiger partial charge in [-0.3, -0.25) is 4.79 Å². The van der Waals surface area contributed by atoms with Crippen LogP contribution in [0.25, 0.3) is 0 Å². The van der Waals surface area contributed by atoms with E-state index >= 15 is 0 Å². The van der Waals surface area contributed by atoms with E-state index < -0.39 is 0 Å². The van der Waals surface area contributed by atoms with Crippen molar-refractivity contribution in [2.45, 2.75) is 40.5 Å². The van der Waals surface area contributed by atoms with Gasteiger partial charge >= 0.3 is 0 Å². The summed E-state index contributed by atoms with van der Waals surface area (Å²) >= 11 is 0. The molecule has 0 amide bonds. The molecular weight excluding hydrogens is 160 g/mol. The molecule has 1 aliphatic carbocycles. The summed E-state index contributed by atoms with van der Waals surface area (Å²) in [4.78, 5) is 10.8. The quantitative estimate of drug-likeness (QED) is 0.593. The molecule has 1 heteroatoms. The number of hydrogen-bond donors (Lipinski definition) is 0. The minimum absolute atomic E-state index is 0.128. The largest absolute Gasteiger partial charge is 0.295 e. The lowest BCUT2D eigenvalue weighted by molar-refractivity contribution is -0.112. The van der Waals surface area contributed by atoms with E-state index in [0.717, 1.165) is 0 Å². The summed E-state index contributed by atoms with van der Waals surface area (Å²) in [6, 6.07) is 0. The monoisotopic (exact) mass is 178 g/mol. The Balaban J connectivity index is 2.89. The lowest BCUT2D eigenvalue weighted by Crippen LogP contribution is -2.08. The third-order valence-corrected chi connectivity index (χ3v) is 2.80. The van der Waals surface area contributed by atoms with Crippen molar-refractivity contribution in [3.05, 3.63) is 23.3 Å². The third-order valence-electron chi connectivity index (χ3n) is 2.80. The van der Waals surface area contributed by atoms with Gasteiger partial charge in [-0.05, 0) is 43.8 Å². The molecule has 13 heavy (non-hydrogen) atoms. The maximum absolute atomic E-state index is 10.8. The topological polar surface area (TPSA) is 17.1 Å². The van der Waals surface area contributed by atoms with Gasteiger partial charge in [0.05, 0.1) is 0 Å². The van der Waals surface area contributed by atoms with Gasteiger partial charge in [0.15, 0.2) is 5.78 Å². The van der Waals surface area contributed by atoms with Crippen molar-refractivity contribution in [3.8, 4) is 0 Å². The first-order chi connectivity index (χ1) is 5.93. The Kier molecular flexibility index (Phi) is 2.74. The second-order valence-electron chi connectivity index (χ2n) is 4.52. The molecule has 0 N–H and O–H groups in total. The van der Waals surface area contributed by atoms with E-state index in [1.807, 2.05) is 6.08 Å². The van der Waals surface area contributed by atoms with Crippen molar-refractivity contribution in [2.24, 2.45) is 5.41 Å². The lowest BCUT2D eigenvalue weighted by atomic mass is 9.85. The fourth-order valence-corrected chi connectivity index (χ4v) is 1.92. The molecule has 0 radical (unpaired) electrons. The van der Waals surface area contributed by atoms with Gasteiger partial charge in [-0.1, -0.05) is 25.5 Å². The second-order valence-corrected chi connectivity index (χ2v) is 4.52. The second kappa shape index (κ2) is 3.49. The summed E-state index contributed by atoms with van der Waals surface area (Å²) in [5.41, 5.74) is 3.04. The van der Waals surface area contributed by atoms with Crippen LogP contribution in [0.15, 0.2) is 23.3 Å². The van der Waals surface area contributed by atoms with Crippen LogP contribution in [0, 0.1) is 5.41 Å².